The number of carbonyl (C=O) groups is 2. The summed E-state index contributed by atoms with van der Waals surface area (Å²) in [5.74, 6) is -1.39. The van der Waals surface area contributed by atoms with Crippen molar-refractivity contribution in [1.29, 1.82) is 0 Å². The van der Waals surface area contributed by atoms with Crippen LogP contribution in [0.25, 0.3) is 0 Å². The lowest BCUT2D eigenvalue weighted by atomic mass is 9.86. The summed E-state index contributed by atoms with van der Waals surface area (Å²) in [5, 5.41) is 10.9. The highest BCUT2D eigenvalue weighted by molar-refractivity contribution is 5.79. The molecule has 0 aromatic heterocycles. The Labute approximate surface area is 104 Å². The zero-order chi connectivity index (χ0) is 14.3. The predicted molar refractivity (Wildman–Crippen MR) is 60.5 cm³/mol. The monoisotopic (exact) mass is 265 g/mol. The summed E-state index contributed by atoms with van der Waals surface area (Å²) in [7, 11) is 0. The highest BCUT2D eigenvalue weighted by Crippen LogP contribution is 2.30. The van der Waals surface area contributed by atoms with Gasteiger partial charge in [-0.05, 0) is 6.42 Å². The van der Waals surface area contributed by atoms with E-state index in [-0.39, 0.29) is 6.61 Å². The van der Waals surface area contributed by atoms with Crippen molar-refractivity contribution in [2.24, 2.45) is 5.41 Å². The van der Waals surface area contributed by atoms with Crippen LogP contribution in [0.3, 0.4) is 0 Å². The first kappa shape index (κ1) is 16.3. The molecule has 7 heteroatoms. The molecule has 0 saturated carbocycles. The number of carboxylic acid groups (broad SMARTS) is 1. The number of carboxylic acids is 1. The number of ether oxygens (including phenoxy) is 1. The quantitative estimate of drug-likeness (QED) is 0.691. The van der Waals surface area contributed by atoms with Crippen molar-refractivity contribution in [3.63, 3.8) is 0 Å². The Morgan fingerprint density at radius 3 is 2.44 bits per heavy atom. The first-order valence-electron chi connectivity index (χ1n) is 5.26. The molecule has 0 rings (SSSR count). The van der Waals surface area contributed by atoms with Gasteiger partial charge in [-0.25, -0.2) is 18.4 Å². The van der Waals surface area contributed by atoms with Gasteiger partial charge in [0.2, 0.25) is 6.43 Å². The summed E-state index contributed by atoms with van der Waals surface area (Å²) in [4.78, 5) is 22.0. The van der Waals surface area contributed by atoms with Crippen LogP contribution in [0.1, 0.15) is 20.3 Å². The fourth-order valence-corrected chi connectivity index (χ4v) is 1.13. The Hall–Kier alpha value is -1.66. The highest BCUT2D eigenvalue weighted by atomic mass is 19.3. The van der Waals surface area contributed by atoms with Crippen LogP contribution < -0.4 is 5.32 Å². The molecule has 0 aliphatic heterocycles. The van der Waals surface area contributed by atoms with Gasteiger partial charge in [-0.2, -0.15) is 0 Å². The first-order valence-corrected chi connectivity index (χ1v) is 5.26. The third-order valence-electron chi connectivity index (χ3n) is 2.24. The molecule has 104 valence electrons. The van der Waals surface area contributed by atoms with Crippen molar-refractivity contribution in [3.8, 4) is 0 Å². The number of hydrogen-bond acceptors (Lipinski definition) is 3. The Balaban J connectivity index is 4.54. The molecule has 0 radical (unpaired) electrons. The average Bonchev–Trinajstić information content (AvgIpc) is 2.24. The summed E-state index contributed by atoms with van der Waals surface area (Å²) in [6.07, 6.45) is -2.76. The van der Waals surface area contributed by atoms with Crippen molar-refractivity contribution < 1.29 is 28.2 Å². The summed E-state index contributed by atoms with van der Waals surface area (Å²) in [6, 6.07) is -1.42. The van der Waals surface area contributed by atoms with Gasteiger partial charge in [-0.3, -0.25) is 0 Å². The maximum absolute atomic E-state index is 12.6. The summed E-state index contributed by atoms with van der Waals surface area (Å²) in [6.45, 7) is 5.68. The van der Waals surface area contributed by atoms with Gasteiger partial charge >= 0.3 is 12.1 Å². The van der Waals surface area contributed by atoms with Crippen molar-refractivity contribution in [2.75, 3.05) is 6.61 Å². The minimum absolute atomic E-state index is 0.0869. The van der Waals surface area contributed by atoms with E-state index < -0.39 is 36.4 Å². The average molecular weight is 265 g/mol. The second-order valence-corrected chi connectivity index (χ2v) is 4.42. The van der Waals surface area contributed by atoms with Crippen molar-refractivity contribution >= 4 is 12.1 Å². The van der Waals surface area contributed by atoms with E-state index in [2.05, 4.69) is 11.3 Å². The minimum Gasteiger partial charge on any atom is -0.480 e. The third-order valence-corrected chi connectivity index (χ3v) is 2.24. The molecule has 18 heavy (non-hydrogen) atoms. The zero-order valence-corrected chi connectivity index (χ0v) is 10.3. The minimum atomic E-state index is -2.69. The molecule has 0 heterocycles. The van der Waals surface area contributed by atoms with E-state index in [1.54, 1.807) is 0 Å². The molecule has 0 fully saturated rings. The number of amides is 1. The molecule has 5 nitrogen and oxygen atoms in total. The normalized spacial score (nSPS) is 12.9. The van der Waals surface area contributed by atoms with E-state index >= 15 is 0 Å². The number of nitrogens with one attached hydrogen (secondary N) is 1. The Kier molecular flexibility index (Phi) is 6.29. The summed E-state index contributed by atoms with van der Waals surface area (Å²) in [5.41, 5.74) is -1.52. The van der Waals surface area contributed by atoms with Gasteiger partial charge in [0.1, 0.15) is 12.6 Å². The molecule has 1 atom stereocenters. The molecule has 0 saturated heterocycles. The van der Waals surface area contributed by atoms with Crippen LogP contribution in [0.15, 0.2) is 12.7 Å². The molecular formula is C11H17F2NO4. The predicted octanol–water partition coefficient (Wildman–Crippen LogP) is 2.03. The molecular weight excluding hydrogens is 248 g/mol. The lowest BCUT2D eigenvalue weighted by molar-refractivity contribution is -0.141. The van der Waals surface area contributed by atoms with Crippen LogP contribution in [-0.2, 0) is 9.53 Å². The van der Waals surface area contributed by atoms with Crippen LogP contribution in [0.4, 0.5) is 13.6 Å². The summed E-state index contributed by atoms with van der Waals surface area (Å²) < 4.78 is 29.8. The lowest BCUT2D eigenvalue weighted by Gasteiger charge is -2.27. The maximum atomic E-state index is 12.6. The van der Waals surface area contributed by atoms with Gasteiger partial charge in [0.05, 0.1) is 0 Å². The van der Waals surface area contributed by atoms with Crippen LogP contribution in [-0.4, -0.2) is 36.2 Å². The molecule has 2 N–H and O–H groups in total. The Bertz CT molecular complexity index is 318. The number of alkyl halides is 2. The van der Waals surface area contributed by atoms with Crippen LogP contribution in [0.5, 0.6) is 0 Å². The third kappa shape index (κ3) is 5.60. The molecule has 0 aromatic carbocycles. The molecule has 1 amide bonds. The topological polar surface area (TPSA) is 75.6 Å². The van der Waals surface area contributed by atoms with Gasteiger partial charge in [-0.1, -0.05) is 26.5 Å². The van der Waals surface area contributed by atoms with Crippen LogP contribution >= 0.6 is 0 Å². The van der Waals surface area contributed by atoms with E-state index in [1.165, 1.54) is 19.9 Å². The van der Waals surface area contributed by atoms with Crippen LogP contribution in [0, 0.1) is 5.41 Å². The fourth-order valence-electron chi connectivity index (χ4n) is 1.13. The van der Waals surface area contributed by atoms with Crippen molar-refractivity contribution in [3.05, 3.63) is 12.7 Å². The molecule has 0 unspecified atom stereocenters. The first-order chi connectivity index (χ1) is 8.20. The van der Waals surface area contributed by atoms with Crippen molar-refractivity contribution in [2.45, 2.75) is 32.7 Å². The van der Waals surface area contributed by atoms with Gasteiger partial charge in [0, 0.05) is 5.41 Å². The largest absolute Gasteiger partial charge is 0.480 e. The molecule has 0 spiro atoms. The fraction of sp³-hybridized carbons (Fsp3) is 0.636. The number of aliphatic carboxylic acids is 1. The Morgan fingerprint density at radius 2 is 2.06 bits per heavy atom. The van der Waals surface area contributed by atoms with E-state index in [0.29, 0.717) is 0 Å². The standard InChI is InChI=1S/C11H17F2NO4/c1-4-5-18-10(17)14-7(8(15)16)6-11(2,3)9(12)13/h4,7,9H,1,5-6H2,2-3H3,(H,14,17)(H,15,16)/t7-/m0/s1. The second-order valence-electron chi connectivity index (χ2n) is 4.42. The number of carbonyl (C=O) groups excluding carboxylic acids is 1. The number of hydrogen-bond donors (Lipinski definition) is 2. The van der Waals surface area contributed by atoms with Gasteiger partial charge in [-0.15, -0.1) is 0 Å². The van der Waals surface area contributed by atoms with Gasteiger partial charge < -0.3 is 15.2 Å². The molecule has 0 bridgehead atoms. The molecule has 0 aromatic rings. The number of alkyl carbamates (subject to hydrolysis) is 1. The van der Waals surface area contributed by atoms with Crippen LogP contribution in [0.2, 0.25) is 0 Å². The zero-order valence-electron chi connectivity index (χ0n) is 10.3. The smallest absolute Gasteiger partial charge is 0.408 e. The summed E-state index contributed by atoms with van der Waals surface area (Å²) >= 11 is 0. The second kappa shape index (κ2) is 6.93. The Morgan fingerprint density at radius 1 is 1.50 bits per heavy atom. The van der Waals surface area contributed by atoms with Gasteiger partial charge in [0.25, 0.3) is 0 Å². The SMILES string of the molecule is C=CCOC(=O)N[C@@H](CC(C)(C)C(F)F)C(=O)O. The number of halogens is 2. The van der Waals surface area contributed by atoms with E-state index in [4.69, 9.17) is 5.11 Å². The maximum Gasteiger partial charge on any atom is 0.408 e. The molecule has 0 aliphatic rings. The van der Waals surface area contributed by atoms with Gasteiger partial charge in [0.15, 0.2) is 0 Å². The van der Waals surface area contributed by atoms with E-state index in [1.807, 2.05) is 5.32 Å². The molecule has 0 aliphatic carbocycles. The van der Waals surface area contributed by atoms with E-state index in [9.17, 15) is 18.4 Å². The highest BCUT2D eigenvalue weighted by Gasteiger charge is 2.36. The number of rotatable bonds is 7. The van der Waals surface area contributed by atoms with E-state index in [0.717, 1.165) is 0 Å². The lowest BCUT2D eigenvalue weighted by Crippen LogP contribution is -2.45. The van der Waals surface area contributed by atoms with Crippen molar-refractivity contribution in [1.82, 2.24) is 5.32 Å².